The Balaban J connectivity index is 2.82. The molecule has 1 unspecified atom stereocenters. The fourth-order valence-electron chi connectivity index (χ4n) is 1.11. The maximum atomic E-state index is 5.38. The van der Waals surface area contributed by atoms with Crippen LogP contribution >= 0.6 is 0 Å². The molecule has 0 aliphatic heterocycles. The van der Waals surface area contributed by atoms with Crippen molar-refractivity contribution in [3.05, 3.63) is 0 Å². The molecule has 1 rings (SSSR count). The fourth-order valence-corrected chi connectivity index (χ4v) is 1.11. The van der Waals surface area contributed by atoms with E-state index in [0.29, 0.717) is 18.5 Å². The minimum absolute atomic E-state index is 0.247. The smallest absolute Gasteiger partial charge is 0.323 e. The molecule has 1 aromatic rings. The highest BCUT2D eigenvalue weighted by Gasteiger charge is 2.11. The van der Waals surface area contributed by atoms with E-state index in [-0.39, 0.29) is 18.0 Å². The van der Waals surface area contributed by atoms with Crippen molar-refractivity contribution in [2.75, 3.05) is 17.3 Å². The van der Waals surface area contributed by atoms with Gasteiger partial charge in [0.05, 0.1) is 6.61 Å². The normalized spacial score (nSPS) is 12.3. The van der Waals surface area contributed by atoms with E-state index in [1.807, 2.05) is 6.92 Å². The first-order valence-electron chi connectivity index (χ1n) is 6.18. The Morgan fingerprint density at radius 3 is 2.39 bits per heavy atom. The average molecular weight is 254 g/mol. The third-order valence-corrected chi connectivity index (χ3v) is 2.54. The van der Waals surface area contributed by atoms with Crippen molar-refractivity contribution in [1.82, 2.24) is 15.0 Å². The number of nitrogens with two attached hydrogens (primary N) is 1. The monoisotopic (exact) mass is 254 g/mol. The summed E-state index contributed by atoms with van der Waals surface area (Å²) in [5.74, 6) is 6.54. The Hall–Kier alpha value is -1.63. The lowest BCUT2D eigenvalue weighted by Gasteiger charge is -2.17. The number of aromatic nitrogens is 3. The number of hydrogen-bond donors (Lipinski definition) is 3. The highest BCUT2D eigenvalue weighted by atomic mass is 16.5. The van der Waals surface area contributed by atoms with Crippen LogP contribution in [0.15, 0.2) is 0 Å². The molecule has 0 saturated heterocycles. The summed E-state index contributed by atoms with van der Waals surface area (Å²) in [6.45, 7) is 8.89. The van der Waals surface area contributed by atoms with E-state index in [0.717, 1.165) is 6.42 Å². The number of ether oxygens (including phenoxy) is 1. The van der Waals surface area contributed by atoms with Gasteiger partial charge in [-0.05, 0) is 19.3 Å². The Morgan fingerprint density at radius 1 is 1.17 bits per heavy atom. The molecular formula is C11H22N6O. The number of nitrogens with one attached hydrogen (secondary N) is 2. The zero-order valence-corrected chi connectivity index (χ0v) is 11.4. The first-order valence-corrected chi connectivity index (χ1v) is 6.18. The first-order chi connectivity index (χ1) is 8.56. The molecule has 0 saturated carbocycles. The molecule has 1 aromatic heterocycles. The Kier molecular flexibility index (Phi) is 5.57. The summed E-state index contributed by atoms with van der Waals surface area (Å²) in [7, 11) is 0. The third-order valence-electron chi connectivity index (χ3n) is 2.54. The van der Waals surface area contributed by atoms with Gasteiger partial charge in [0.1, 0.15) is 0 Å². The molecule has 0 aliphatic rings. The third kappa shape index (κ3) is 4.33. The number of anilines is 2. The number of hydrazine groups is 1. The van der Waals surface area contributed by atoms with Crippen LogP contribution in [0.25, 0.3) is 0 Å². The van der Waals surface area contributed by atoms with Crippen molar-refractivity contribution in [3.8, 4) is 6.01 Å². The maximum Gasteiger partial charge on any atom is 0.323 e. The maximum absolute atomic E-state index is 5.38. The molecule has 7 nitrogen and oxygen atoms in total. The summed E-state index contributed by atoms with van der Waals surface area (Å²) in [5, 5.41) is 3.20. The predicted molar refractivity (Wildman–Crippen MR) is 71.3 cm³/mol. The molecule has 0 amide bonds. The van der Waals surface area contributed by atoms with Crippen LogP contribution in [0.1, 0.15) is 34.1 Å². The largest absolute Gasteiger partial charge is 0.463 e. The van der Waals surface area contributed by atoms with Crippen LogP contribution in [-0.4, -0.2) is 27.6 Å². The number of nitrogen functional groups attached to an aromatic ring is 1. The molecule has 4 N–H and O–H groups in total. The number of hydrogen-bond acceptors (Lipinski definition) is 7. The van der Waals surface area contributed by atoms with Crippen molar-refractivity contribution in [3.63, 3.8) is 0 Å². The summed E-state index contributed by atoms with van der Waals surface area (Å²) in [5.41, 5.74) is 2.40. The quantitative estimate of drug-likeness (QED) is 0.499. The van der Waals surface area contributed by atoms with E-state index in [2.05, 4.69) is 46.5 Å². The summed E-state index contributed by atoms with van der Waals surface area (Å²) in [6, 6.07) is 0.523. The summed E-state index contributed by atoms with van der Waals surface area (Å²) >= 11 is 0. The second-order valence-corrected chi connectivity index (χ2v) is 4.44. The lowest BCUT2D eigenvalue weighted by atomic mass is 10.1. The van der Waals surface area contributed by atoms with Gasteiger partial charge in [-0.2, -0.15) is 15.0 Å². The second kappa shape index (κ2) is 6.95. The van der Waals surface area contributed by atoms with Gasteiger partial charge in [-0.25, -0.2) is 5.84 Å². The molecule has 1 heterocycles. The standard InChI is InChI=1S/C11H22N6O/c1-5-6-18-11-15-9(13-8(4)7(2)3)14-10(16-11)17-12/h7-8H,5-6,12H2,1-4H3,(H2,13,14,15,16,17). The lowest BCUT2D eigenvalue weighted by molar-refractivity contribution is 0.292. The molecule has 1 atom stereocenters. The van der Waals surface area contributed by atoms with Crippen LogP contribution in [0, 0.1) is 5.92 Å². The van der Waals surface area contributed by atoms with Gasteiger partial charge in [0.15, 0.2) is 0 Å². The van der Waals surface area contributed by atoms with Gasteiger partial charge in [0.2, 0.25) is 11.9 Å². The number of nitrogens with zero attached hydrogens (tertiary/aromatic N) is 3. The molecule has 0 radical (unpaired) electrons. The molecular weight excluding hydrogens is 232 g/mol. The Labute approximate surface area is 108 Å². The van der Waals surface area contributed by atoms with Crippen molar-refractivity contribution in [1.29, 1.82) is 0 Å². The predicted octanol–water partition coefficient (Wildman–Crippen LogP) is 1.40. The highest BCUT2D eigenvalue weighted by Crippen LogP contribution is 2.13. The molecule has 0 aliphatic carbocycles. The average Bonchev–Trinajstić information content (AvgIpc) is 2.35. The van der Waals surface area contributed by atoms with Crippen LogP contribution < -0.4 is 21.3 Å². The topological polar surface area (TPSA) is 98.0 Å². The fraction of sp³-hybridized carbons (Fsp3) is 0.727. The van der Waals surface area contributed by atoms with Crippen molar-refractivity contribution in [2.45, 2.75) is 40.2 Å². The molecule has 18 heavy (non-hydrogen) atoms. The highest BCUT2D eigenvalue weighted by molar-refractivity contribution is 5.35. The Bertz CT molecular complexity index is 371. The summed E-state index contributed by atoms with van der Waals surface area (Å²) in [4.78, 5) is 12.3. The molecule has 0 bridgehead atoms. The van der Waals surface area contributed by atoms with Gasteiger partial charge < -0.3 is 10.1 Å². The van der Waals surface area contributed by atoms with Crippen LogP contribution in [0.2, 0.25) is 0 Å². The Morgan fingerprint density at radius 2 is 1.83 bits per heavy atom. The van der Waals surface area contributed by atoms with Gasteiger partial charge in [0.25, 0.3) is 0 Å². The van der Waals surface area contributed by atoms with E-state index in [9.17, 15) is 0 Å². The first kappa shape index (κ1) is 14.4. The molecule has 7 heteroatoms. The summed E-state index contributed by atoms with van der Waals surface area (Å²) in [6.07, 6.45) is 0.891. The van der Waals surface area contributed by atoms with E-state index in [1.165, 1.54) is 0 Å². The second-order valence-electron chi connectivity index (χ2n) is 4.44. The zero-order chi connectivity index (χ0) is 13.5. The van der Waals surface area contributed by atoms with E-state index in [4.69, 9.17) is 10.6 Å². The van der Waals surface area contributed by atoms with Crippen LogP contribution in [0.4, 0.5) is 11.9 Å². The van der Waals surface area contributed by atoms with E-state index >= 15 is 0 Å². The van der Waals surface area contributed by atoms with Gasteiger partial charge in [0, 0.05) is 6.04 Å². The van der Waals surface area contributed by atoms with Gasteiger partial charge in [-0.3, -0.25) is 5.43 Å². The van der Waals surface area contributed by atoms with E-state index in [1.54, 1.807) is 0 Å². The minimum atomic E-state index is 0.247. The van der Waals surface area contributed by atoms with Gasteiger partial charge in [-0.1, -0.05) is 20.8 Å². The molecule has 0 aromatic carbocycles. The van der Waals surface area contributed by atoms with Crippen molar-refractivity contribution < 1.29 is 4.74 Å². The van der Waals surface area contributed by atoms with Crippen molar-refractivity contribution in [2.24, 2.45) is 11.8 Å². The molecule has 0 fully saturated rings. The lowest BCUT2D eigenvalue weighted by Crippen LogP contribution is -2.24. The van der Waals surface area contributed by atoms with E-state index < -0.39 is 0 Å². The van der Waals surface area contributed by atoms with Crippen molar-refractivity contribution >= 4 is 11.9 Å². The molecule has 0 spiro atoms. The SMILES string of the molecule is CCCOc1nc(NN)nc(NC(C)C(C)C)n1. The van der Waals surface area contributed by atoms with Gasteiger partial charge >= 0.3 is 6.01 Å². The van der Waals surface area contributed by atoms with Crippen LogP contribution in [0.3, 0.4) is 0 Å². The summed E-state index contributed by atoms with van der Waals surface area (Å²) < 4.78 is 5.38. The molecule has 102 valence electrons. The van der Waals surface area contributed by atoms with Crippen LogP contribution in [0.5, 0.6) is 6.01 Å². The zero-order valence-electron chi connectivity index (χ0n) is 11.4. The number of rotatable bonds is 7. The van der Waals surface area contributed by atoms with Crippen LogP contribution in [-0.2, 0) is 0 Å². The minimum Gasteiger partial charge on any atom is -0.463 e. The van der Waals surface area contributed by atoms with Gasteiger partial charge in [-0.15, -0.1) is 0 Å².